The molecule has 0 saturated heterocycles. The Morgan fingerprint density at radius 2 is 1.42 bits per heavy atom. The molecule has 1 unspecified atom stereocenters. The molecule has 48 heavy (non-hydrogen) atoms. The third-order valence-corrected chi connectivity index (χ3v) is 7.79. The molecule has 1 atom stereocenters. The molecular weight excluding hydrogens is 606 g/mol. The smallest absolute Gasteiger partial charge is 0.410 e. The molecule has 0 aromatic heterocycles. The predicted molar refractivity (Wildman–Crippen MR) is 181 cm³/mol. The lowest BCUT2D eigenvalue weighted by atomic mass is 10.0. The van der Waals surface area contributed by atoms with Crippen LogP contribution in [0.15, 0.2) is 134 Å². The van der Waals surface area contributed by atoms with E-state index in [0.717, 1.165) is 17.5 Å². The highest BCUT2D eigenvalue weighted by Crippen LogP contribution is 2.37. The number of ketones is 1. The summed E-state index contributed by atoms with van der Waals surface area (Å²) in [6, 6.07) is 36.8. The Kier molecular flexibility index (Phi) is 9.92. The monoisotopic (exact) mass is 639 g/mol. The Balaban J connectivity index is 1.14. The maximum Gasteiger partial charge on any atom is 0.410 e. The van der Waals surface area contributed by atoms with Gasteiger partial charge in [0.2, 0.25) is 6.23 Å². The highest BCUT2D eigenvalue weighted by atomic mass is 16.6. The first kappa shape index (κ1) is 31.8. The van der Waals surface area contributed by atoms with E-state index in [1.807, 2.05) is 36.4 Å². The van der Waals surface area contributed by atoms with Crippen LogP contribution in [0, 0.1) is 0 Å². The number of fused-ring (bicyclic) bond motifs is 3. The summed E-state index contributed by atoms with van der Waals surface area (Å²) in [6.07, 6.45) is 0.731. The van der Waals surface area contributed by atoms with Gasteiger partial charge in [-0.25, -0.2) is 9.59 Å². The molecule has 0 heterocycles. The summed E-state index contributed by atoms with van der Waals surface area (Å²) in [7, 11) is 0. The normalized spacial score (nSPS) is 11.8. The van der Waals surface area contributed by atoms with Crippen LogP contribution in [-0.2, 0) is 27.3 Å². The summed E-state index contributed by atoms with van der Waals surface area (Å²) >= 11 is 0. The van der Waals surface area contributed by atoms with E-state index < -0.39 is 18.3 Å². The van der Waals surface area contributed by atoms with Crippen LogP contribution in [0.1, 0.15) is 44.4 Å². The molecule has 8 heteroatoms. The van der Waals surface area contributed by atoms with Crippen molar-refractivity contribution < 1.29 is 33.3 Å². The molecule has 8 nitrogen and oxygen atoms in total. The molecule has 5 aromatic rings. The summed E-state index contributed by atoms with van der Waals surface area (Å²) < 4.78 is 22.3. The van der Waals surface area contributed by atoms with Gasteiger partial charge in [-0.15, -0.1) is 0 Å². The van der Waals surface area contributed by atoms with Crippen molar-refractivity contribution in [1.82, 2.24) is 5.32 Å². The SMILES string of the molecule is C=CCOC(=O)COc1ccc(C(NC(=O)OCc2ccc3c(c2)-c2ccccc2C3)Oc2ccc(C(=O)c3ccccc3)cc2)cc1. The molecule has 1 amide bonds. The number of benzene rings is 5. The van der Waals surface area contributed by atoms with Crippen molar-refractivity contribution in [3.05, 3.63) is 167 Å². The maximum absolute atomic E-state index is 13.1. The zero-order valence-electron chi connectivity index (χ0n) is 26.1. The Hall–Kier alpha value is -6.15. The molecule has 6 rings (SSSR count). The van der Waals surface area contributed by atoms with E-state index >= 15 is 0 Å². The van der Waals surface area contributed by atoms with Gasteiger partial charge >= 0.3 is 12.1 Å². The number of hydrogen-bond donors (Lipinski definition) is 1. The van der Waals surface area contributed by atoms with Gasteiger partial charge in [0, 0.05) is 16.7 Å². The van der Waals surface area contributed by atoms with Crippen molar-refractivity contribution in [3.8, 4) is 22.6 Å². The minimum absolute atomic E-state index is 0.0685. The van der Waals surface area contributed by atoms with Gasteiger partial charge in [0.05, 0.1) is 0 Å². The second kappa shape index (κ2) is 15.0. The third kappa shape index (κ3) is 7.79. The fraction of sp³-hybridized carbons (Fsp3) is 0.125. The average molecular weight is 640 g/mol. The maximum atomic E-state index is 13.1. The largest absolute Gasteiger partial charge is 0.482 e. The van der Waals surface area contributed by atoms with Crippen molar-refractivity contribution in [2.75, 3.05) is 13.2 Å². The van der Waals surface area contributed by atoms with Crippen molar-refractivity contribution >= 4 is 17.8 Å². The molecule has 1 aliphatic rings. The zero-order valence-corrected chi connectivity index (χ0v) is 26.1. The van der Waals surface area contributed by atoms with Gasteiger partial charge in [-0.2, -0.15) is 0 Å². The summed E-state index contributed by atoms with van der Waals surface area (Å²) in [5, 5.41) is 2.80. The van der Waals surface area contributed by atoms with E-state index in [9.17, 15) is 14.4 Å². The van der Waals surface area contributed by atoms with Gasteiger partial charge in [-0.05, 0) is 88.8 Å². The van der Waals surface area contributed by atoms with Gasteiger partial charge in [-0.1, -0.05) is 79.4 Å². The van der Waals surface area contributed by atoms with Gasteiger partial charge in [-0.3, -0.25) is 10.1 Å². The number of hydrogen-bond acceptors (Lipinski definition) is 7. The van der Waals surface area contributed by atoms with Crippen molar-refractivity contribution in [1.29, 1.82) is 0 Å². The lowest BCUT2D eigenvalue weighted by Crippen LogP contribution is -2.32. The number of carbonyl (C=O) groups is 3. The van der Waals surface area contributed by atoms with Crippen molar-refractivity contribution in [3.63, 3.8) is 0 Å². The quantitative estimate of drug-likeness (QED) is 0.0601. The summed E-state index contributed by atoms with van der Waals surface area (Å²) in [6.45, 7) is 3.42. The van der Waals surface area contributed by atoms with E-state index in [1.54, 1.807) is 60.7 Å². The number of amides is 1. The van der Waals surface area contributed by atoms with Gasteiger partial charge in [0.1, 0.15) is 24.7 Å². The molecule has 0 saturated carbocycles. The highest BCUT2D eigenvalue weighted by molar-refractivity contribution is 6.09. The topological polar surface area (TPSA) is 100 Å². The molecule has 5 aromatic carbocycles. The van der Waals surface area contributed by atoms with Crippen LogP contribution in [0.5, 0.6) is 11.5 Å². The van der Waals surface area contributed by atoms with Crippen LogP contribution in [0.2, 0.25) is 0 Å². The summed E-state index contributed by atoms with van der Waals surface area (Å²) in [5.74, 6) is 0.218. The summed E-state index contributed by atoms with van der Waals surface area (Å²) in [4.78, 5) is 37.8. The van der Waals surface area contributed by atoms with E-state index in [2.05, 4.69) is 36.2 Å². The molecule has 0 aliphatic heterocycles. The molecule has 0 fully saturated rings. The van der Waals surface area contributed by atoms with Crippen LogP contribution in [0.25, 0.3) is 11.1 Å². The van der Waals surface area contributed by atoms with E-state index in [1.165, 1.54) is 22.8 Å². The number of nitrogens with one attached hydrogen (secondary N) is 1. The first-order valence-electron chi connectivity index (χ1n) is 15.5. The number of ether oxygens (including phenoxy) is 4. The number of esters is 1. The van der Waals surface area contributed by atoms with E-state index in [4.69, 9.17) is 18.9 Å². The zero-order chi connectivity index (χ0) is 33.3. The van der Waals surface area contributed by atoms with Crippen LogP contribution < -0.4 is 14.8 Å². The molecular formula is C40H33NO7. The first-order chi connectivity index (χ1) is 23.5. The van der Waals surface area contributed by atoms with E-state index in [-0.39, 0.29) is 25.6 Å². The predicted octanol–water partition coefficient (Wildman–Crippen LogP) is 7.60. The molecule has 1 N–H and O–H groups in total. The van der Waals surface area contributed by atoms with Crippen molar-refractivity contribution in [2.45, 2.75) is 19.3 Å². The molecule has 0 bridgehead atoms. The van der Waals surface area contributed by atoms with Crippen LogP contribution in [-0.4, -0.2) is 31.1 Å². The van der Waals surface area contributed by atoms with Crippen LogP contribution in [0.4, 0.5) is 4.79 Å². The van der Waals surface area contributed by atoms with Gasteiger partial charge < -0.3 is 18.9 Å². The lowest BCUT2D eigenvalue weighted by molar-refractivity contribution is -0.144. The Labute approximate surface area is 278 Å². The standard InChI is InChI=1S/C40H33NO7/c1-2-22-45-37(42)26-46-33-18-16-30(17-19-33)39(48-34-20-14-29(15-21-34)38(43)28-8-4-3-5-9-28)41-40(44)47-25-27-12-13-32-24-31-10-6-7-11-35(31)36(32)23-27/h2-21,23,39H,1,22,24-26H2,(H,41,44). The summed E-state index contributed by atoms with van der Waals surface area (Å²) in [5.41, 5.74) is 7.42. The van der Waals surface area contributed by atoms with Crippen molar-refractivity contribution in [2.24, 2.45) is 0 Å². The number of carbonyl (C=O) groups excluding carboxylic acids is 3. The van der Waals surface area contributed by atoms with Crippen LogP contribution >= 0.6 is 0 Å². The molecule has 240 valence electrons. The molecule has 0 radical (unpaired) electrons. The van der Waals surface area contributed by atoms with E-state index in [0.29, 0.717) is 28.2 Å². The first-order valence-corrected chi connectivity index (χ1v) is 15.5. The molecule has 0 spiro atoms. The average Bonchev–Trinajstić information content (AvgIpc) is 3.50. The molecule has 1 aliphatic carbocycles. The fourth-order valence-corrected chi connectivity index (χ4v) is 5.39. The van der Waals surface area contributed by atoms with Crippen LogP contribution in [0.3, 0.4) is 0 Å². The van der Waals surface area contributed by atoms with Gasteiger partial charge in [0.25, 0.3) is 0 Å². The minimum Gasteiger partial charge on any atom is -0.482 e. The lowest BCUT2D eigenvalue weighted by Gasteiger charge is -2.21. The highest BCUT2D eigenvalue weighted by Gasteiger charge is 2.21. The Morgan fingerprint density at radius 1 is 0.729 bits per heavy atom. The Bertz CT molecular complexity index is 1920. The Morgan fingerprint density at radius 3 is 2.19 bits per heavy atom. The minimum atomic E-state index is -0.952. The third-order valence-electron chi connectivity index (χ3n) is 7.79. The fourth-order valence-electron chi connectivity index (χ4n) is 5.39. The second-order valence-corrected chi connectivity index (χ2v) is 11.1. The number of rotatable bonds is 13. The number of alkyl carbamates (subject to hydrolysis) is 1. The van der Waals surface area contributed by atoms with Gasteiger partial charge in [0.15, 0.2) is 12.4 Å². The second-order valence-electron chi connectivity index (χ2n) is 11.1.